The van der Waals surface area contributed by atoms with Gasteiger partial charge in [0.2, 0.25) is 0 Å². The van der Waals surface area contributed by atoms with Crippen molar-refractivity contribution < 1.29 is 5.21 Å². The number of nitrogens with two attached hydrogens (primary N) is 1. The molecule has 4 heteroatoms. The SMILES string of the molecule is Cc1cccc(/C(N)=N/O)c1N(CC1CC1)C1CC1. The van der Waals surface area contributed by atoms with Gasteiger partial charge in [0, 0.05) is 18.2 Å². The van der Waals surface area contributed by atoms with Gasteiger partial charge < -0.3 is 15.8 Å². The number of anilines is 1. The predicted octanol–water partition coefficient (Wildman–Crippen LogP) is 2.47. The summed E-state index contributed by atoms with van der Waals surface area (Å²) in [6.07, 6.45) is 5.20. The number of nitrogens with zero attached hydrogens (tertiary/aromatic N) is 2. The minimum Gasteiger partial charge on any atom is -0.409 e. The zero-order chi connectivity index (χ0) is 13.4. The summed E-state index contributed by atoms with van der Waals surface area (Å²) in [5.41, 5.74) is 9.06. The van der Waals surface area contributed by atoms with Crippen LogP contribution in [0.4, 0.5) is 5.69 Å². The maximum Gasteiger partial charge on any atom is 0.172 e. The molecule has 0 spiro atoms. The van der Waals surface area contributed by atoms with E-state index in [4.69, 9.17) is 10.9 Å². The Balaban J connectivity index is 2.00. The Morgan fingerprint density at radius 1 is 1.37 bits per heavy atom. The highest BCUT2D eigenvalue weighted by Crippen LogP contribution is 2.40. The van der Waals surface area contributed by atoms with Gasteiger partial charge in [-0.05, 0) is 50.2 Å². The normalized spacial score (nSPS) is 19.5. The van der Waals surface area contributed by atoms with Gasteiger partial charge in [0.1, 0.15) is 0 Å². The van der Waals surface area contributed by atoms with Crippen molar-refractivity contribution in [2.45, 2.75) is 38.6 Å². The third kappa shape index (κ3) is 2.53. The first kappa shape index (κ1) is 12.3. The Bertz CT molecular complexity index is 504. The molecule has 0 aliphatic heterocycles. The van der Waals surface area contributed by atoms with Crippen molar-refractivity contribution in [1.82, 2.24) is 0 Å². The first-order valence-corrected chi connectivity index (χ1v) is 7.05. The highest BCUT2D eigenvalue weighted by atomic mass is 16.4. The minimum atomic E-state index is 0.208. The number of hydrogen-bond acceptors (Lipinski definition) is 3. The molecular weight excluding hydrogens is 238 g/mol. The Morgan fingerprint density at radius 3 is 2.68 bits per heavy atom. The first-order chi connectivity index (χ1) is 9.20. The largest absolute Gasteiger partial charge is 0.409 e. The van der Waals surface area contributed by atoms with Crippen LogP contribution in [-0.2, 0) is 0 Å². The molecular formula is C15H21N3O. The topological polar surface area (TPSA) is 61.9 Å². The number of benzene rings is 1. The first-order valence-electron chi connectivity index (χ1n) is 7.05. The lowest BCUT2D eigenvalue weighted by Crippen LogP contribution is -2.31. The second kappa shape index (κ2) is 4.76. The van der Waals surface area contributed by atoms with E-state index in [1.165, 1.54) is 31.2 Å². The fourth-order valence-electron chi connectivity index (χ4n) is 2.69. The molecule has 1 aromatic rings. The molecule has 0 saturated heterocycles. The fourth-order valence-corrected chi connectivity index (χ4v) is 2.69. The van der Waals surface area contributed by atoms with E-state index in [1.54, 1.807) is 0 Å². The van der Waals surface area contributed by atoms with Crippen LogP contribution < -0.4 is 10.6 Å². The Hall–Kier alpha value is -1.71. The molecule has 102 valence electrons. The summed E-state index contributed by atoms with van der Waals surface area (Å²) in [5.74, 6) is 1.04. The molecule has 2 saturated carbocycles. The summed E-state index contributed by atoms with van der Waals surface area (Å²) in [7, 11) is 0. The predicted molar refractivity (Wildman–Crippen MR) is 76.8 cm³/mol. The summed E-state index contributed by atoms with van der Waals surface area (Å²) in [5, 5.41) is 12.2. The van der Waals surface area contributed by atoms with E-state index in [0.29, 0.717) is 6.04 Å². The van der Waals surface area contributed by atoms with Gasteiger partial charge in [0.05, 0.1) is 5.69 Å². The van der Waals surface area contributed by atoms with Crippen molar-refractivity contribution >= 4 is 11.5 Å². The lowest BCUT2D eigenvalue weighted by molar-refractivity contribution is 0.318. The van der Waals surface area contributed by atoms with E-state index >= 15 is 0 Å². The number of hydrogen-bond donors (Lipinski definition) is 2. The van der Waals surface area contributed by atoms with Crippen molar-refractivity contribution in [3.63, 3.8) is 0 Å². The van der Waals surface area contributed by atoms with Crippen molar-refractivity contribution in [1.29, 1.82) is 0 Å². The highest BCUT2D eigenvalue weighted by molar-refractivity contribution is 6.03. The molecule has 3 rings (SSSR count). The van der Waals surface area contributed by atoms with Gasteiger partial charge in [-0.25, -0.2) is 0 Å². The standard InChI is InChI=1S/C15H21N3O/c1-10-3-2-4-13(15(16)17-19)14(10)18(12-7-8-12)9-11-5-6-11/h2-4,11-12,19H,5-9H2,1H3,(H2,16,17). The lowest BCUT2D eigenvalue weighted by Gasteiger charge is -2.28. The molecule has 0 heterocycles. The Labute approximate surface area is 113 Å². The average Bonchev–Trinajstić information content (AvgIpc) is 3.27. The van der Waals surface area contributed by atoms with Gasteiger partial charge in [0.15, 0.2) is 5.84 Å². The van der Waals surface area contributed by atoms with Crippen LogP contribution in [0.3, 0.4) is 0 Å². The number of oxime groups is 1. The van der Waals surface area contributed by atoms with Gasteiger partial charge in [0.25, 0.3) is 0 Å². The third-order valence-electron chi connectivity index (χ3n) is 4.05. The zero-order valence-electron chi connectivity index (χ0n) is 11.3. The van der Waals surface area contributed by atoms with Crippen LogP contribution in [0, 0.1) is 12.8 Å². The molecule has 0 aromatic heterocycles. The van der Waals surface area contributed by atoms with Crippen LogP contribution in [0.15, 0.2) is 23.4 Å². The van der Waals surface area contributed by atoms with Crippen LogP contribution in [-0.4, -0.2) is 23.6 Å². The van der Waals surface area contributed by atoms with Crippen molar-refractivity contribution in [3.8, 4) is 0 Å². The molecule has 1 aromatic carbocycles. The van der Waals surface area contributed by atoms with E-state index in [2.05, 4.69) is 23.0 Å². The number of amidine groups is 1. The molecule has 0 radical (unpaired) electrons. The molecule has 19 heavy (non-hydrogen) atoms. The highest BCUT2D eigenvalue weighted by Gasteiger charge is 2.35. The molecule has 4 nitrogen and oxygen atoms in total. The third-order valence-corrected chi connectivity index (χ3v) is 4.05. The number of rotatable bonds is 5. The van der Waals surface area contributed by atoms with E-state index in [-0.39, 0.29) is 5.84 Å². The molecule has 2 fully saturated rings. The van der Waals surface area contributed by atoms with Crippen molar-refractivity contribution in [2.75, 3.05) is 11.4 Å². The quantitative estimate of drug-likeness (QED) is 0.369. The Morgan fingerprint density at radius 2 is 2.11 bits per heavy atom. The van der Waals surface area contributed by atoms with Crippen molar-refractivity contribution in [3.05, 3.63) is 29.3 Å². The van der Waals surface area contributed by atoms with Gasteiger partial charge in [-0.3, -0.25) is 0 Å². The molecule has 2 aliphatic rings. The van der Waals surface area contributed by atoms with Crippen LogP contribution in [0.2, 0.25) is 0 Å². The molecule has 0 atom stereocenters. The van der Waals surface area contributed by atoms with E-state index in [0.717, 1.165) is 23.7 Å². The van der Waals surface area contributed by atoms with Crippen LogP contribution in [0.25, 0.3) is 0 Å². The second-order valence-corrected chi connectivity index (χ2v) is 5.78. The van der Waals surface area contributed by atoms with Gasteiger partial charge >= 0.3 is 0 Å². The average molecular weight is 259 g/mol. The lowest BCUT2D eigenvalue weighted by atomic mass is 10.0. The van der Waals surface area contributed by atoms with Crippen molar-refractivity contribution in [2.24, 2.45) is 16.8 Å². The summed E-state index contributed by atoms with van der Waals surface area (Å²) >= 11 is 0. The van der Waals surface area contributed by atoms with Crippen LogP contribution in [0.1, 0.15) is 36.8 Å². The maximum absolute atomic E-state index is 8.98. The summed E-state index contributed by atoms with van der Waals surface area (Å²) < 4.78 is 0. The number of para-hydroxylation sites is 1. The van der Waals surface area contributed by atoms with Gasteiger partial charge in [-0.2, -0.15) is 0 Å². The molecule has 0 amide bonds. The smallest absolute Gasteiger partial charge is 0.172 e. The Kier molecular flexibility index (Phi) is 3.09. The zero-order valence-corrected chi connectivity index (χ0v) is 11.3. The van der Waals surface area contributed by atoms with E-state index < -0.39 is 0 Å². The number of aryl methyl sites for hydroxylation is 1. The fraction of sp³-hybridized carbons (Fsp3) is 0.533. The van der Waals surface area contributed by atoms with E-state index in [9.17, 15) is 0 Å². The van der Waals surface area contributed by atoms with Crippen LogP contribution >= 0.6 is 0 Å². The molecule has 3 N–H and O–H groups in total. The van der Waals surface area contributed by atoms with Crippen LogP contribution in [0.5, 0.6) is 0 Å². The maximum atomic E-state index is 8.98. The van der Waals surface area contributed by atoms with Gasteiger partial charge in [-0.1, -0.05) is 17.3 Å². The van der Waals surface area contributed by atoms with E-state index in [1.807, 2.05) is 12.1 Å². The molecule has 2 aliphatic carbocycles. The summed E-state index contributed by atoms with van der Waals surface area (Å²) in [6, 6.07) is 6.66. The second-order valence-electron chi connectivity index (χ2n) is 5.78. The molecule has 0 bridgehead atoms. The summed E-state index contributed by atoms with van der Waals surface area (Å²) in [6.45, 7) is 3.22. The summed E-state index contributed by atoms with van der Waals surface area (Å²) in [4.78, 5) is 2.49. The minimum absolute atomic E-state index is 0.208. The molecule has 0 unspecified atom stereocenters. The monoisotopic (exact) mass is 259 g/mol. The van der Waals surface area contributed by atoms with Gasteiger partial charge in [-0.15, -0.1) is 0 Å².